The Morgan fingerprint density at radius 3 is 2.84 bits per heavy atom. The number of nitrogens with zero attached hydrogens (tertiary/aromatic N) is 1. The van der Waals surface area contributed by atoms with Gasteiger partial charge in [0.15, 0.2) is 0 Å². The van der Waals surface area contributed by atoms with Crippen molar-refractivity contribution in [3.05, 3.63) is 5.69 Å². The molecule has 1 heterocycles. The zero-order valence-corrected chi connectivity index (χ0v) is 11.3. The van der Waals surface area contributed by atoms with E-state index in [1.165, 1.54) is 39.2 Å². The molecule has 2 rings (SSSR count). The van der Waals surface area contributed by atoms with Crippen molar-refractivity contribution >= 4 is 11.7 Å². The van der Waals surface area contributed by atoms with E-state index in [0.29, 0.717) is 11.6 Å². The lowest BCUT2D eigenvalue weighted by atomic mass is 9.87. The smallest absolute Gasteiger partial charge is 0.256 e. The fourth-order valence-electron chi connectivity index (χ4n) is 2.67. The molecule has 0 bridgehead atoms. The van der Waals surface area contributed by atoms with Crippen molar-refractivity contribution in [1.82, 2.24) is 10.2 Å². The van der Waals surface area contributed by atoms with Gasteiger partial charge in [-0.25, -0.2) is 0 Å². The van der Waals surface area contributed by atoms with Crippen LogP contribution in [0.1, 0.15) is 44.2 Å². The number of aromatic amines is 1. The van der Waals surface area contributed by atoms with Gasteiger partial charge in [-0.2, -0.15) is 4.39 Å². The predicted octanol–water partition coefficient (Wildman–Crippen LogP) is 3.10. The summed E-state index contributed by atoms with van der Waals surface area (Å²) in [4.78, 5) is 0. The number of nitrogens with one attached hydrogen (secondary N) is 3. The largest absolute Gasteiger partial charge is 0.478 e. The van der Waals surface area contributed by atoms with E-state index in [4.69, 9.17) is 10.1 Å². The van der Waals surface area contributed by atoms with E-state index in [1.54, 1.807) is 0 Å². The maximum Gasteiger partial charge on any atom is 0.256 e. The van der Waals surface area contributed by atoms with Gasteiger partial charge in [0.1, 0.15) is 11.4 Å². The molecule has 3 N–H and O–H groups in total. The molecule has 1 aromatic rings. The fraction of sp³-hybridized carbons (Fsp3) is 0.692. The van der Waals surface area contributed by atoms with Crippen molar-refractivity contribution < 1.29 is 9.13 Å². The van der Waals surface area contributed by atoms with E-state index in [0.717, 1.165) is 18.9 Å². The first-order valence-electron chi connectivity index (χ1n) is 6.83. The summed E-state index contributed by atoms with van der Waals surface area (Å²) >= 11 is 0. The van der Waals surface area contributed by atoms with Crippen LogP contribution in [0.4, 0.5) is 10.1 Å². The van der Waals surface area contributed by atoms with Gasteiger partial charge in [0.05, 0.1) is 7.11 Å². The molecule has 0 saturated heterocycles. The third kappa shape index (κ3) is 3.45. The van der Waals surface area contributed by atoms with Crippen molar-refractivity contribution in [2.45, 2.75) is 38.5 Å². The highest BCUT2D eigenvalue weighted by Crippen LogP contribution is 2.28. The SMILES string of the molecule is COc1n[nH]c(C(=N)F)c1NCCC1CCCCC1. The van der Waals surface area contributed by atoms with Gasteiger partial charge < -0.3 is 10.1 Å². The highest BCUT2D eigenvalue weighted by atomic mass is 19.1. The van der Waals surface area contributed by atoms with Crippen molar-refractivity contribution in [1.29, 1.82) is 5.41 Å². The number of rotatable bonds is 6. The molecule has 1 aliphatic rings. The van der Waals surface area contributed by atoms with E-state index in [1.807, 2.05) is 0 Å². The maximum atomic E-state index is 13.0. The first kappa shape index (κ1) is 13.8. The quantitative estimate of drug-likeness (QED) is 0.694. The molecule has 1 aliphatic carbocycles. The molecule has 6 heteroatoms. The zero-order valence-electron chi connectivity index (χ0n) is 11.3. The molecule has 0 aromatic carbocycles. The van der Waals surface area contributed by atoms with Crippen molar-refractivity contribution in [3.63, 3.8) is 0 Å². The Hall–Kier alpha value is -1.59. The number of H-pyrrole nitrogens is 1. The lowest BCUT2D eigenvalue weighted by Crippen LogP contribution is -2.13. The molecule has 5 nitrogen and oxygen atoms in total. The summed E-state index contributed by atoms with van der Waals surface area (Å²) in [6.45, 7) is 0.751. The molecule has 0 unspecified atom stereocenters. The Morgan fingerprint density at radius 2 is 2.21 bits per heavy atom. The average Bonchev–Trinajstić information content (AvgIpc) is 2.83. The number of anilines is 1. The van der Waals surface area contributed by atoms with Crippen molar-refractivity contribution in [2.75, 3.05) is 19.0 Å². The summed E-state index contributed by atoms with van der Waals surface area (Å²) in [6.07, 6.45) is 7.63. The molecule has 0 radical (unpaired) electrons. The number of hydrogen-bond acceptors (Lipinski definition) is 4. The second-order valence-corrected chi connectivity index (χ2v) is 5.02. The van der Waals surface area contributed by atoms with Crippen molar-refractivity contribution in [3.8, 4) is 5.88 Å². The molecule has 0 atom stereocenters. The van der Waals surface area contributed by atoms with Crippen LogP contribution in [0, 0.1) is 11.3 Å². The van der Waals surface area contributed by atoms with Crippen LogP contribution >= 0.6 is 0 Å². The van der Waals surface area contributed by atoms with Gasteiger partial charge in [-0.05, 0) is 12.3 Å². The fourth-order valence-corrected chi connectivity index (χ4v) is 2.67. The van der Waals surface area contributed by atoms with Gasteiger partial charge in [-0.1, -0.05) is 32.1 Å². The standard InChI is InChI=1S/C13H21FN4O/c1-19-13-11(10(12(14)15)17-18-13)16-8-7-9-5-3-2-4-6-9/h9,15-16H,2-8H2,1H3,(H,17,18). The molecular formula is C13H21FN4O. The Morgan fingerprint density at radius 1 is 1.47 bits per heavy atom. The summed E-state index contributed by atoms with van der Waals surface area (Å²) in [5, 5.41) is 16.5. The second kappa shape index (κ2) is 6.54. The molecular weight excluding hydrogens is 247 g/mol. The van der Waals surface area contributed by atoms with Crippen LogP contribution in [-0.4, -0.2) is 29.8 Å². The van der Waals surface area contributed by atoms with E-state index < -0.39 is 5.97 Å². The second-order valence-electron chi connectivity index (χ2n) is 5.02. The monoisotopic (exact) mass is 268 g/mol. The van der Waals surface area contributed by atoms with Gasteiger partial charge in [0.2, 0.25) is 5.97 Å². The van der Waals surface area contributed by atoms with Crippen LogP contribution in [0.3, 0.4) is 0 Å². The average molecular weight is 268 g/mol. The zero-order chi connectivity index (χ0) is 13.7. The molecule has 0 aliphatic heterocycles. The molecule has 19 heavy (non-hydrogen) atoms. The van der Waals surface area contributed by atoms with Gasteiger partial charge in [-0.3, -0.25) is 10.5 Å². The Balaban J connectivity index is 1.90. The number of methoxy groups -OCH3 is 1. The number of hydrogen-bond donors (Lipinski definition) is 3. The first-order chi connectivity index (χ1) is 9.22. The van der Waals surface area contributed by atoms with Crippen LogP contribution < -0.4 is 10.1 Å². The normalized spacial score (nSPS) is 16.3. The number of halogens is 1. The summed E-state index contributed by atoms with van der Waals surface area (Å²) in [7, 11) is 1.48. The lowest BCUT2D eigenvalue weighted by Gasteiger charge is -2.21. The third-order valence-corrected chi connectivity index (χ3v) is 3.73. The molecule has 0 spiro atoms. The van der Waals surface area contributed by atoms with Crippen LogP contribution in [0.2, 0.25) is 0 Å². The summed E-state index contributed by atoms with van der Waals surface area (Å²) < 4.78 is 18.1. The number of ether oxygens (including phenoxy) is 1. The molecule has 0 amide bonds. The minimum atomic E-state index is -1.03. The Kier molecular flexibility index (Phi) is 4.76. The van der Waals surface area contributed by atoms with Gasteiger partial charge in [0, 0.05) is 6.54 Å². The van der Waals surface area contributed by atoms with Gasteiger partial charge in [0.25, 0.3) is 5.88 Å². The maximum absolute atomic E-state index is 13.0. The van der Waals surface area contributed by atoms with Crippen molar-refractivity contribution in [2.24, 2.45) is 5.92 Å². The minimum Gasteiger partial charge on any atom is -0.478 e. The van der Waals surface area contributed by atoms with E-state index >= 15 is 0 Å². The van der Waals surface area contributed by atoms with E-state index in [2.05, 4.69) is 15.5 Å². The lowest BCUT2D eigenvalue weighted by molar-refractivity contribution is 0.345. The topological polar surface area (TPSA) is 73.8 Å². The third-order valence-electron chi connectivity index (χ3n) is 3.73. The predicted molar refractivity (Wildman–Crippen MR) is 72.8 cm³/mol. The molecule has 1 aromatic heterocycles. The van der Waals surface area contributed by atoms with Crippen LogP contribution in [0.25, 0.3) is 0 Å². The van der Waals surface area contributed by atoms with Gasteiger partial charge in [-0.15, -0.1) is 5.10 Å². The van der Waals surface area contributed by atoms with Crippen LogP contribution in [0.15, 0.2) is 0 Å². The Bertz CT molecular complexity index is 426. The highest BCUT2D eigenvalue weighted by Gasteiger charge is 2.18. The Labute approximate surface area is 112 Å². The van der Waals surface area contributed by atoms with E-state index in [-0.39, 0.29) is 5.69 Å². The molecule has 1 fully saturated rings. The summed E-state index contributed by atoms with van der Waals surface area (Å²) in [5.74, 6) is 0.0319. The van der Waals surface area contributed by atoms with E-state index in [9.17, 15) is 4.39 Å². The molecule has 106 valence electrons. The number of aromatic nitrogens is 2. The van der Waals surface area contributed by atoms with Crippen LogP contribution in [-0.2, 0) is 0 Å². The molecule has 1 saturated carbocycles. The summed E-state index contributed by atoms with van der Waals surface area (Å²) in [6, 6.07) is 0. The first-order valence-corrected chi connectivity index (χ1v) is 6.83. The van der Waals surface area contributed by atoms with Gasteiger partial charge >= 0.3 is 0 Å². The van der Waals surface area contributed by atoms with Crippen LogP contribution in [0.5, 0.6) is 5.88 Å². The summed E-state index contributed by atoms with van der Waals surface area (Å²) in [5.41, 5.74) is 0.506. The highest BCUT2D eigenvalue weighted by molar-refractivity contribution is 5.95. The minimum absolute atomic E-state index is 0.0560.